The standard InChI is InChI=1S/C22H13F6N3O4/c23-21(24,25)15-3-1-2-14(10-15)20(32)30-29-12-13-4-7-17(8-5-13)35-19-9-6-16(22(26,27)28)11-18(19)31(33)34/h1-12H,(H,30,32)/b29-12-. The molecule has 0 bridgehead atoms. The Bertz CT molecular complexity index is 1270. The van der Waals surface area contributed by atoms with Crippen molar-refractivity contribution in [2.75, 3.05) is 0 Å². The number of nitro groups is 1. The Balaban J connectivity index is 1.67. The summed E-state index contributed by atoms with van der Waals surface area (Å²) in [5.74, 6) is -1.21. The fraction of sp³-hybridized carbons (Fsp3) is 0.0909. The zero-order chi connectivity index (χ0) is 25.8. The molecule has 3 rings (SSSR count). The lowest BCUT2D eigenvalue weighted by molar-refractivity contribution is -0.385. The van der Waals surface area contributed by atoms with Crippen LogP contribution in [0.25, 0.3) is 0 Å². The van der Waals surface area contributed by atoms with Gasteiger partial charge in [0.2, 0.25) is 5.75 Å². The van der Waals surface area contributed by atoms with Crippen LogP contribution in [0.2, 0.25) is 0 Å². The molecule has 0 saturated carbocycles. The highest BCUT2D eigenvalue weighted by Crippen LogP contribution is 2.37. The van der Waals surface area contributed by atoms with Crippen molar-refractivity contribution in [2.45, 2.75) is 12.4 Å². The van der Waals surface area contributed by atoms with E-state index in [1.165, 1.54) is 36.5 Å². The van der Waals surface area contributed by atoms with Gasteiger partial charge in [-0.3, -0.25) is 14.9 Å². The van der Waals surface area contributed by atoms with E-state index in [1.54, 1.807) is 0 Å². The second-order valence-electron chi connectivity index (χ2n) is 6.89. The molecule has 1 amide bonds. The molecular weight excluding hydrogens is 484 g/mol. The molecule has 0 aliphatic carbocycles. The summed E-state index contributed by atoms with van der Waals surface area (Å²) < 4.78 is 82.0. The average molecular weight is 497 g/mol. The molecule has 0 spiro atoms. The third kappa shape index (κ3) is 6.56. The third-order valence-electron chi connectivity index (χ3n) is 4.42. The molecule has 35 heavy (non-hydrogen) atoms. The first kappa shape index (κ1) is 25.2. The molecule has 0 aromatic heterocycles. The SMILES string of the molecule is O=C(N/N=C\c1ccc(Oc2ccc(C(F)(F)F)cc2[N+](=O)[O-])cc1)c1cccc(C(F)(F)F)c1. The molecule has 0 aliphatic rings. The quantitative estimate of drug-likeness (QED) is 0.190. The van der Waals surface area contributed by atoms with Gasteiger partial charge in [0.15, 0.2) is 0 Å². The van der Waals surface area contributed by atoms with Gasteiger partial charge in [-0.15, -0.1) is 0 Å². The smallest absolute Gasteiger partial charge is 0.416 e. The number of carbonyl (C=O) groups is 1. The van der Waals surface area contributed by atoms with Crippen LogP contribution in [0.1, 0.15) is 27.0 Å². The Morgan fingerprint density at radius 2 is 1.54 bits per heavy atom. The van der Waals surface area contributed by atoms with Crippen molar-refractivity contribution < 1.29 is 40.8 Å². The van der Waals surface area contributed by atoms with E-state index in [-0.39, 0.29) is 11.3 Å². The zero-order valence-electron chi connectivity index (χ0n) is 17.2. The van der Waals surface area contributed by atoms with Crippen LogP contribution in [-0.2, 0) is 12.4 Å². The molecule has 7 nitrogen and oxygen atoms in total. The number of carbonyl (C=O) groups excluding carboxylic acids is 1. The van der Waals surface area contributed by atoms with Crippen LogP contribution in [-0.4, -0.2) is 17.0 Å². The Kier molecular flexibility index (Phi) is 7.08. The van der Waals surface area contributed by atoms with Gasteiger partial charge in [0.1, 0.15) is 5.75 Å². The summed E-state index contributed by atoms with van der Waals surface area (Å²) in [4.78, 5) is 22.1. The maximum Gasteiger partial charge on any atom is 0.416 e. The minimum absolute atomic E-state index is 0.0676. The van der Waals surface area contributed by atoms with E-state index in [2.05, 4.69) is 10.5 Å². The number of nitro benzene ring substituents is 1. The van der Waals surface area contributed by atoms with Crippen molar-refractivity contribution in [2.24, 2.45) is 5.10 Å². The number of benzene rings is 3. The first-order valence-electron chi connectivity index (χ1n) is 9.49. The molecule has 0 radical (unpaired) electrons. The van der Waals surface area contributed by atoms with Gasteiger partial charge in [0.25, 0.3) is 5.91 Å². The lowest BCUT2D eigenvalue weighted by Gasteiger charge is -2.10. The summed E-state index contributed by atoms with van der Waals surface area (Å²) in [7, 11) is 0. The summed E-state index contributed by atoms with van der Waals surface area (Å²) in [6.45, 7) is 0. The molecule has 0 aliphatic heterocycles. The lowest BCUT2D eigenvalue weighted by atomic mass is 10.1. The summed E-state index contributed by atoms with van der Waals surface area (Å²) in [6.07, 6.45) is -8.19. The number of hydrazone groups is 1. The van der Waals surface area contributed by atoms with Crippen LogP contribution in [0.15, 0.2) is 71.8 Å². The van der Waals surface area contributed by atoms with Crippen molar-refractivity contribution in [3.05, 3.63) is 99.1 Å². The maximum absolute atomic E-state index is 12.8. The molecule has 0 saturated heterocycles. The van der Waals surface area contributed by atoms with E-state index in [0.717, 1.165) is 18.2 Å². The number of amides is 1. The van der Waals surface area contributed by atoms with Gasteiger partial charge in [-0.1, -0.05) is 6.07 Å². The molecule has 3 aromatic carbocycles. The normalized spacial score (nSPS) is 11.9. The van der Waals surface area contributed by atoms with Gasteiger partial charge >= 0.3 is 18.0 Å². The van der Waals surface area contributed by atoms with Crippen molar-refractivity contribution in [3.8, 4) is 11.5 Å². The van der Waals surface area contributed by atoms with Crippen LogP contribution < -0.4 is 10.2 Å². The topological polar surface area (TPSA) is 93.8 Å². The third-order valence-corrected chi connectivity index (χ3v) is 4.42. The van der Waals surface area contributed by atoms with Gasteiger partial charge < -0.3 is 4.74 Å². The van der Waals surface area contributed by atoms with Crippen molar-refractivity contribution >= 4 is 17.8 Å². The van der Waals surface area contributed by atoms with Gasteiger partial charge in [0, 0.05) is 11.6 Å². The molecule has 182 valence electrons. The number of alkyl halides is 6. The molecule has 0 unspecified atom stereocenters. The molecule has 1 N–H and O–H groups in total. The largest absolute Gasteiger partial charge is 0.450 e. The number of hydrogen-bond acceptors (Lipinski definition) is 5. The van der Waals surface area contributed by atoms with E-state index in [9.17, 15) is 41.3 Å². The van der Waals surface area contributed by atoms with Crippen molar-refractivity contribution in [1.82, 2.24) is 5.43 Å². The van der Waals surface area contributed by atoms with E-state index < -0.39 is 45.7 Å². The fourth-order valence-electron chi connectivity index (χ4n) is 2.74. The molecule has 0 fully saturated rings. The molecule has 0 heterocycles. The first-order chi connectivity index (χ1) is 16.3. The lowest BCUT2D eigenvalue weighted by Crippen LogP contribution is -2.18. The molecule has 3 aromatic rings. The number of hydrogen-bond donors (Lipinski definition) is 1. The van der Waals surface area contributed by atoms with Crippen LogP contribution in [0.5, 0.6) is 11.5 Å². The Labute approximate surface area is 192 Å². The van der Waals surface area contributed by atoms with E-state index in [4.69, 9.17) is 4.74 Å². The van der Waals surface area contributed by atoms with Gasteiger partial charge in [0.05, 0.1) is 22.3 Å². The Morgan fingerprint density at radius 3 is 2.14 bits per heavy atom. The highest BCUT2D eigenvalue weighted by molar-refractivity contribution is 5.95. The van der Waals surface area contributed by atoms with Crippen molar-refractivity contribution in [1.29, 1.82) is 0 Å². The maximum atomic E-state index is 12.8. The van der Waals surface area contributed by atoms with Gasteiger partial charge in [-0.25, -0.2) is 5.43 Å². The second kappa shape index (κ2) is 9.83. The van der Waals surface area contributed by atoms with Crippen LogP contribution in [0.3, 0.4) is 0 Å². The number of nitrogens with one attached hydrogen (secondary N) is 1. The summed E-state index contributed by atoms with van der Waals surface area (Å²) >= 11 is 0. The second-order valence-corrected chi connectivity index (χ2v) is 6.89. The van der Waals surface area contributed by atoms with Crippen molar-refractivity contribution in [3.63, 3.8) is 0 Å². The Hall–Kier alpha value is -4.42. The number of ether oxygens (including phenoxy) is 1. The molecular formula is C22H13F6N3O4. The van der Waals surface area contributed by atoms with Crippen LogP contribution in [0, 0.1) is 10.1 Å². The molecule has 0 atom stereocenters. The molecule has 13 heteroatoms. The van der Waals surface area contributed by atoms with Crippen LogP contribution >= 0.6 is 0 Å². The summed E-state index contributed by atoms with van der Waals surface area (Å²) in [5.41, 5.74) is -0.821. The highest BCUT2D eigenvalue weighted by Gasteiger charge is 2.33. The van der Waals surface area contributed by atoms with Gasteiger partial charge in [-0.2, -0.15) is 31.4 Å². The number of rotatable bonds is 6. The minimum atomic E-state index is -4.76. The fourth-order valence-corrected chi connectivity index (χ4v) is 2.74. The predicted octanol–water partition coefficient (Wildman–Crippen LogP) is 6.19. The van der Waals surface area contributed by atoms with E-state index >= 15 is 0 Å². The zero-order valence-corrected chi connectivity index (χ0v) is 17.2. The minimum Gasteiger partial charge on any atom is -0.450 e. The summed E-state index contributed by atoms with van der Waals surface area (Å²) in [6, 6.07) is 11.2. The number of nitrogens with zero attached hydrogens (tertiary/aromatic N) is 2. The van der Waals surface area contributed by atoms with Gasteiger partial charge in [-0.05, 0) is 60.2 Å². The highest BCUT2D eigenvalue weighted by atomic mass is 19.4. The first-order valence-corrected chi connectivity index (χ1v) is 9.49. The average Bonchev–Trinajstić information content (AvgIpc) is 2.79. The number of halogens is 6. The van der Waals surface area contributed by atoms with Crippen LogP contribution in [0.4, 0.5) is 32.0 Å². The van der Waals surface area contributed by atoms with E-state index in [1.807, 2.05) is 0 Å². The van der Waals surface area contributed by atoms with E-state index in [0.29, 0.717) is 23.8 Å². The predicted molar refractivity (Wildman–Crippen MR) is 111 cm³/mol. The Morgan fingerprint density at radius 1 is 0.914 bits per heavy atom. The monoisotopic (exact) mass is 497 g/mol. The summed E-state index contributed by atoms with van der Waals surface area (Å²) in [5, 5.41) is 14.8.